The van der Waals surface area contributed by atoms with Crippen LogP contribution in [0.1, 0.15) is 18.4 Å². The summed E-state index contributed by atoms with van der Waals surface area (Å²) in [4.78, 5) is 24.4. The number of hydrogen-bond donors (Lipinski definition) is 0. The monoisotopic (exact) mass is 356 g/mol. The Morgan fingerprint density at radius 3 is 2.50 bits per heavy atom. The van der Waals surface area contributed by atoms with Crippen molar-refractivity contribution in [3.63, 3.8) is 0 Å². The Morgan fingerprint density at radius 1 is 1.12 bits per heavy atom. The molecule has 0 aliphatic carbocycles. The molecule has 2 aliphatic rings. The lowest BCUT2D eigenvalue weighted by atomic mass is 9.89. The van der Waals surface area contributed by atoms with Crippen molar-refractivity contribution in [2.24, 2.45) is 0 Å². The molecule has 0 unspecified atom stereocenters. The second-order valence-corrected chi connectivity index (χ2v) is 6.95. The second-order valence-electron chi connectivity index (χ2n) is 6.95. The van der Waals surface area contributed by atoms with Gasteiger partial charge in [-0.15, -0.1) is 0 Å². The van der Waals surface area contributed by atoms with Crippen molar-refractivity contribution in [2.45, 2.75) is 25.0 Å². The van der Waals surface area contributed by atoms with Gasteiger partial charge in [-0.1, -0.05) is 12.1 Å². The van der Waals surface area contributed by atoms with Crippen LogP contribution in [0.3, 0.4) is 0 Å². The van der Waals surface area contributed by atoms with Gasteiger partial charge in [0.15, 0.2) is 0 Å². The molecule has 1 spiro atoms. The van der Waals surface area contributed by atoms with Gasteiger partial charge in [-0.2, -0.15) is 0 Å². The second kappa shape index (κ2) is 7.09. The Kier molecular flexibility index (Phi) is 4.65. The highest BCUT2D eigenvalue weighted by atomic mass is 19.1. The predicted octanol–water partition coefficient (Wildman–Crippen LogP) is 2.01. The van der Waals surface area contributed by atoms with Crippen LogP contribution < -0.4 is 4.90 Å². The van der Waals surface area contributed by atoms with E-state index in [1.807, 2.05) is 12.1 Å². The van der Waals surface area contributed by atoms with Crippen molar-refractivity contribution < 1.29 is 13.9 Å². The minimum absolute atomic E-state index is 0.0563. The van der Waals surface area contributed by atoms with Crippen molar-refractivity contribution in [3.05, 3.63) is 54.4 Å². The summed E-state index contributed by atoms with van der Waals surface area (Å²) in [6.45, 7) is 3.18. The number of aromatic nitrogens is 2. The van der Waals surface area contributed by atoms with Gasteiger partial charge < -0.3 is 9.64 Å². The first-order valence-electron chi connectivity index (χ1n) is 8.80. The van der Waals surface area contributed by atoms with Gasteiger partial charge >= 0.3 is 0 Å². The number of carbonyl (C=O) groups is 1. The van der Waals surface area contributed by atoms with E-state index in [4.69, 9.17) is 4.74 Å². The summed E-state index contributed by atoms with van der Waals surface area (Å²) in [5.41, 5.74) is 1.50. The van der Waals surface area contributed by atoms with Gasteiger partial charge in [0.05, 0.1) is 30.2 Å². The first-order valence-corrected chi connectivity index (χ1v) is 8.80. The Balaban J connectivity index is 1.40. The van der Waals surface area contributed by atoms with Crippen LogP contribution in [0.4, 0.5) is 10.1 Å². The molecular weight excluding hydrogens is 335 g/mol. The van der Waals surface area contributed by atoms with Crippen LogP contribution in [0.15, 0.2) is 43.0 Å². The average Bonchev–Trinajstić information content (AvgIpc) is 2.68. The van der Waals surface area contributed by atoms with Crippen molar-refractivity contribution >= 4 is 11.6 Å². The van der Waals surface area contributed by atoms with Gasteiger partial charge in [0.1, 0.15) is 18.8 Å². The lowest BCUT2D eigenvalue weighted by molar-refractivity contribution is -0.145. The largest absolute Gasteiger partial charge is 0.363 e. The van der Waals surface area contributed by atoms with Crippen LogP contribution in [-0.4, -0.2) is 52.6 Å². The molecule has 1 amide bonds. The van der Waals surface area contributed by atoms with E-state index in [1.54, 1.807) is 17.3 Å². The van der Waals surface area contributed by atoms with Crippen LogP contribution in [0.5, 0.6) is 0 Å². The van der Waals surface area contributed by atoms with E-state index in [-0.39, 0.29) is 23.9 Å². The number of halogens is 1. The molecule has 1 aromatic carbocycles. The molecule has 0 N–H and O–H groups in total. The van der Waals surface area contributed by atoms with Crippen molar-refractivity contribution in [3.8, 4) is 0 Å². The van der Waals surface area contributed by atoms with E-state index in [0.29, 0.717) is 12.2 Å². The van der Waals surface area contributed by atoms with Crippen LogP contribution in [0.2, 0.25) is 0 Å². The molecule has 2 saturated heterocycles. The lowest BCUT2D eigenvalue weighted by Crippen LogP contribution is -2.58. The third kappa shape index (κ3) is 3.59. The number of nitrogens with zero attached hydrogens (tertiary/aromatic N) is 4. The van der Waals surface area contributed by atoms with E-state index in [1.165, 1.54) is 18.5 Å². The SMILES string of the molecule is O=C1COC2(CCN(Cc3ccc(F)cc3)CC2)CN1c1cncnc1. The Morgan fingerprint density at radius 2 is 1.81 bits per heavy atom. The fourth-order valence-corrected chi connectivity index (χ4v) is 3.65. The van der Waals surface area contributed by atoms with Gasteiger partial charge in [0.2, 0.25) is 0 Å². The van der Waals surface area contributed by atoms with Gasteiger partial charge in [-0.3, -0.25) is 9.69 Å². The number of likely N-dealkylation sites (tertiary alicyclic amines) is 1. The number of benzene rings is 1. The predicted molar refractivity (Wildman–Crippen MR) is 94.0 cm³/mol. The summed E-state index contributed by atoms with van der Waals surface area (Å²) in [5.74, 6) is -0.268. The van der Waals surface area contributed by atoms with E-state index in [9.17, 15) is 9.18 Å². The maximum absolute atomic E-state index is 13.0. The molecule has 7 heteroatoms. The van der Waals surface area contributed by atoms with Crippen LogP contribution in [-0.2, 0) is 16.1 Å². The number of morpholine rings is 1. The molecule has 1 aromatic heterocycles. The summed E-state index contributed by atoms with van der Waals surface area (Å²) < 4.78 is 19.0. The third-order valence-corrected chi connectivity index (χ3v) is 5.19. The minimum atomic E-state index is -0.316. The van der Waals surface area contributed by atoms with Gasteiger partial charge in [0.25, 0.3) is 5.91 Å². The Hall–Kier alpha value is -2.38. The maximum atomic E-state index is 13.0. The molecule has 6 nitrogen and oxygen atoms in total. The topological polar surface area (TPSA) is 58.6 Å². The van der Waals surface area contributed by atoms with Crippen molar-refractivity contribution in [1.29, 1.82) is 0 Å². The highest BCUT2D eigenvalue weighted by Gasteiger charge is 2.42. The average molecular weight is 356 g/mol. The van der Waals surface area contributed by atoms with E-state index < -0.39 is 0 Å². The molecule has 2 fully saturated rings. The van der Waals surface area contributed by atoms with Crippen LogP contribution in [0.25, 0.3) is 0 Å². The molecule has 2 aromatic rings. The first-order chi connectivity index (χ1) is 12.6. The maximum Gasteiger partial charge on any atom is 0.253 e. The number of rotatable bonds is 3. The van der Waals surface area contributed by atoms with Gasteiger partial charge in [0, 0.05) is 19.6 Å². The third-order valence-electron chi connectivity index (χ3n) is 5.19. The molecule has 0 bridgehead atoms. The number of amides is 1. The quantitative estimate of drug-likeness (QED) is 0.842. The molecule has 3 heterocycles. The molecule has 0 saturated carbocycles. The zero-order valence-electron chi connectivity index (χ0n) is 14.5. The summed E-state index contributed by atoms with van der Waals surface area (Å²) in [7, 11) is 0. The smallest absolute Gasteiger partial charge is 0.253 e. The Labute approximate surface area is 151 Å². The van der Waals surface area contributed by atoms with Crippen molar-refractivity contribution in [2.75, 3.05) is 31.1 Å². The first kappa shape index (κ1) is 17.1. The molecule has 26 heavy (non-hydrogen) atoms. The number of piperidine rings is 1. The number of ether oxygens (including phenoxy) is 1. The molecule has 4 rings (SSSR count). The van der Waals surface area contributed by atoms with Crippen LogP contribution in [0, 0.1) is 5.82 Å². The molecule has 0 atom stereocenters. The molecule has 0 radical (unpaired) electrons. The fourth-order valence-electron chi connectivity index (χ4n) is 3.65. The van der Waals surface area contributed by atoms with E-state index in [0.717, 1.165) is 38.0 Å². The lowest BCUT2D eigenvalue weighted by Gasteiger charge is -2.46. The number of carbonyl (C=O) groups excluding carboxylic acids is 1. The number of anilines is 1. The summed E-state index contributed by atoms with van der Waals surface area (Å²) in [6.07, 6.45) is 6.48. The summed E-state index contributed by atoms with van der Waals surface area (Å²) in [5, 5.41) is 0. The zero-order valence-corrected chi connectivity index (χ0v) is 14.5. The van der Waals surface area contributed by atoms with Crippen molar-refractivity contribution in [1.82, 2.24) is 14.9 Å². The highest BCUT2D eigenvalue weighted by Crippen LogP contribution is 2.32. The molecule has 136 valence electrons. The summed E-state index contributed by atoms with van der Waals surface area (Å²) in [6, 6.07) is 6.64. The summed E-state index contributed by atoms with van der Waals surface area (Å²) >= 11 is 0. The van der Waals surface area contributed by atoms with E-state index in [2.05, 4.69) is 14.9 Å². The normalized spacial score (nSPS) is 20.5. The number of hydrogen-bond acceptors (Lipinski definition) is 5. The Bertz CT molecular complexity index is 761. The fraction of sp³-hybridized carbons (Fsp3) is 0.421. The standard InChI is InChI=1S/C19H21FN4O2/c20-16-3-1-15(2-4-16)11-23-7-5-19(6-8-23)13-24(18(25)12-26-19)17-9-21-14-22-10-17/h1-4,9-10,14H,5-8,11-13H2. The zero-order chi connectivity index (χ0) is 18.0. The minimum Gasteiger partial charge on any atom is -0.363 e. The van der Waals surface area contributed by atoms with Crippen LogP contribution >= 0.6 is 0 Å². The van der Waals surface area contributed by atoms with E-state index >= 15 is 0 Å². The highest BCUT2D eigenvalue weighted by molar-refractivity contribution is 5.94. The molecular formula is C19H21FN4O2. The van der Waals surface area contributed by atoms with Gasteiger partial charge in [-0.05, 0) is 30.5 Å². The van der Waals surface area contributed by atoms with Gasteiger partial charge in [-0.25, -0.2) is 14.4 Å². The molecule has 2 aliphatic heterocycles.